The van der Waals surface area contributed by atoms with Gasteiger partial charge in [-0.3, -0.25) is 0 Å². The summed E-state index contributed by atoms with van der Waals surface area (Å²) in [7, 11) is -2.48. The summed E-state index contributed by atoms with van der Waals surface area (Å²) in [5.41, 5.74) is 1.71. The molecule has 0 amide bonds. The van der Waals surface area contributed by atoms with Gasteiger partial charge in [-0.2, -0.15) is 4.98 Å². The third-order valence-electron chi connectivity index (χ3n) is 3.48. The zero-order chi connectivity index (χ0) is 17.3. The number of nitrogens with one attached hydrogen (secondary N) is 1. The van der Waals surface area contributed by atoms with Gasteiger partial charge in [-0.25, -0.2) is 12.8 Å². The van der Waals surface area contributed by atoms with E-state index in [1.165, 1.54) is 25.2 Å². The molecule has 0 unspecified atom stereocenters. The van der Waals surface area contributed by atoms with Gasteiger partial charge in [-0.1, -0.05) is 23.8 Å². The van der Waals surface area contributed by atoms with E-state index in [9.17, 15) is 12.8 Å². The van der Waals surface area contributed by atoms with Crippen molar-refractivity contribution in [1.82, 2.24) is 4.98 Å². The van der Waals surface area contributed by atoms with Crippen molar-refractivity contribution < 1.29 is 17.2 Å². The molecule has 1 N–H and O–H groups in total. The van der Waals surface area contributed by atoms with Crippen LogP contribution in [-0.2, 0) is 9.84 Å². The number of rotatable bonds is 4. The summed E-state index contributed by atoms with van der Waals surface area (Å²) in [5.74, 6) is -0.450. The molecule has 0 radical (unpaired) electrons. The number of halogens is 1. The summed E-state index contributed by atoms with van der Waals surface area (Å²) < 4.78 is 44.4. The Labute approximate surface area is 139 Å². The van der Waals surface area contributed by atoms with Crippen LogP contribution in [0.5, 0.6) is 0 Å². The molecule has 3 aromatic rings. The predicted molar refractivity (Wildman–Crippen MR) is 88.1 cm³/mol. The van der Waals surface area contributed by atoms with Crippen molar-refractivity contribution >= 4 is 15.7 Å². The van der Waals surface area contributed by atoms with Gasteiger partial charge in [-0.15, -0.1) is 0 Å². The Kier molecular flexibility index (Phi) is 4.11. The molecule has 0 spiro atoms. The van der Waals surface area contributed by atoms with Gasteiger partial charge in [0.2, 0.25) is 26.6 Å². The highest BCUT2D eigenvalue weighted by Crippen LogP contribution is 2.32. The third kappa shape index (κ3) is 2.90. The molecule has 0 atom stereocenters. The molecule has 0 fully saturated rings. The van der Waals surface area contributed by atoms with Crippen LogP contribution in [0.15, 0.2) is 62.9 Å². The summed E-state index contributed by atoms with van der Waals surface area (Å²) in [6, 6.07) is 12.1. The minimum atomic E-state index is -4.01. The number of aryl methyl sites for hydroxylation is 1. The molecular weight excluding hydrogens is 331 g/mol. The Bertz CT molecular complexity index is 979. The lowest BCUT2D eigenvalue weighted by Gasteiger charge is -2.02. The first-order valence-electron chi connectivity index (χ1n) is 7.18. The molecule has 3 rings (SSSR count). The second kappa shape index (κ2) is 6.09. The molecule has 0 saturated heterocycles. The number of sulfone groups is 1. The van der Waals surface area contributed by atoms with Crippen molar-refractivity contribution in [3.63, 3.8) is 0 Å². The molecule has 0 aliphatic rings. The first kappa shape index (κ1) is 16.2. The second-order valence-corrected chi connectivity index (χ2v) is 7.10. The smallest absolute Gasteiger partial charge is 0.233 e. The number of anilines is 1. The maximum absolute atomic E-state index is 13.4. The van der Waals surface area contributed by atoms with E-state index in [2.05, 4.69) is 10.3 Å². The summed E-state index contributed by atoms with van der Waals surface area (Å²) in [4.78, 5) is 3.94. The number of hydrogen-bond acceptors (Lipinski definition) is 5. The molecule has 0 bridgehead atoms. The monoisotopic (exact) mass is 346 g/mol. The Hall–Kier alpha value is -2.67. The van der Waals surface area contributed by atoms with Crippen molar-refractivity contribution in [3.05, 3.63) is 59.9 Å². The van der Waals surface area contributed by atoms with Crippen LogP contribution < -0.4 is 5.32 Å². The van der Waals surface area contributed by atoms with Crippen LogP contribution in [0.2, 0.25) is 0 Å². The van der Waals surface area contributed by atoms with Gasteiger partial charge in [0.25, 0.3) is 0 Å². The SMILES string of the molecule is CNc1oc(-c2ccc(C)cc2)nc1S(=O)(=O)c1cccc(F)c1. The fraction of sp³-hybridized carbons (Fsp3) is 0.118. The lowest BCUT2D eigenvalue weighted by Crippen LogP contribution is -2.05. The van der Waals surface area contributed by atoms with Crippen LogP contribution in [0.1, 0.15) is 5.56 Å². The number of benzene rings is 2. The van der Waals surface area contributed by atoms with Gasteiger partial charge in [0, 0.05) is 12.6 Å². The Morgan fingerprint density at radius 1 is 1.12 bits per heavy atom. The molecule has 2 aromatic carbocycles. The molecule has 124 valence electrons. The lowest BCUT2D eigenvalue weighted by molar-refractivity contribution is 0.578. The highest BCUT2D eigenvalue weighted by atomic mass is 32.2. The van der Waals surface area contributed by atoms with Crippen LogP contribution in [0, 0.1) is 12.7 Å². The van der Waals surface area contributed by atoms with Crippen LogP contribution in [0.25, 0.3) is 11.5 Å². The number of oxazole rings is 1. The first-order valence-corrected chi connectivity index (χ1v) is 8.66. The summed E-state index contributed by atoms with van der Waals surface area (Å²) in [5, 5.41) is 2.41. The van der Waals surface area contributed by atoms with Crippen molar-refractivity contribution in [2.75, 3.05) is 12.4 Å². The number of aromatic nitrogens is 1. The lowest BCUT2D eigenvalue weighted by atomic mass is 10.1. The average Bonchev–Trinajstić information content (AvgIpc) is 3.00. The van der Waals surface area contributed by atoms with Crippen molar-refractivity contribution in [1.29, 1.82) is 0 Å². The van der Waals surface area contributed by atoms with E-state index >= 15 is 0 Å². The van der Waals surface area contributed by atoms with Gasteiger partial charge in [0.15, 0.2) is 0 Å². The van der Waals surface area contributed by atoms with Gasteiger partial charge >= 0.3 is 0 Å². The summed E-state index contributed by atoms with van der Waals surface area (Å²) in [6.45, 7) is 1.94. The molecule has 7 heteroatoms. The minimum Gasteiger partial charge on any atom is -0.419 e. The molecule has 24 heavy (non-hydrogen) atoms. The molecule has 0 saturated carbocycles. The topological polar surface area (TPSA) is 72.2 Å². The first-order chi connectivity index (χ1) is 11.4. The fourth-order valence-electron chi connectivity index (χ4n) is 2.21. The van der Waals surface area contributed by atoms with Crippen molar-refractivity contribution in [2.45, 2.75) is 16.8 Å². The van der Waals surface area contributed by atoms with Crippen LogP contribution >= 0.6 is 0 Å². The van der Waals surface area contributed by atoms with Crippen molar-refractivity contribution in [2.24, 2.45) is 0 Å². The zero-order valence-electron chi connectivity index (χ0n) is 13.1. The van der Waals surface area contributed by atoms with Gasteiger partial charge < -0.3 is 9.73 Å². The maximum atomic E-state index is 13.4. The van der Waals surface area contributed by atoms with Gasteiger partial charge in [-0.05, 0) is 37.3 Å². The zero-order valence-corrected chi connectivity index (χ0v) is 13.9. The van der Waals surface area contributed by atoms with E-state index < -0.39 is 15.7 Å². The molecule has 0 aliphatic heterocycles. The van der Waals surface area contributed by atoms with Gasteiger partial charge in [0.1, 0.15) is 5.82 Å². The molecular formula is C17H15FN2O3S. The summed E-state index contributed by atoms with van der Waals surface area (Å²) in [6.07, 6.45) is 0. The van der Waals surface area contributed by atoms with E-state index in [0.717, 1.165) is 11.6 Å². The molecule has 5 nitrogen and oxygen atoms in total. The summed E-state index contributed by atoms with van der Waals surface area (Å²) >= 11 is 0. The van der Waals surface area contributed by atoms with E-state index in [1.807, 2.05) is 19.1 Å². The highest BCUT2D eigenvalue weighted by molar-refractivity contribution is 7.91. The standard InChI is InChI=1S/C17H15FN2O3S/c1-11-6-8-12(9-7-11)15-20-17(16(19-2)23-15)24(21,22)14-5-3-4-13(18)10-14/h3-10,19H,1-2H3. The molecule has 0 aliphatic carbocycles. The van der Waals surface area contributed by atoms with Crippen LogP contribution in [-0.4, -0.2) is 20.4 Å². The molecule has 1 heterocycles. The normalized spacial score (nSPS) is 11.5. The van der Waals surface area contributed by atoms with Crippen LogP contribution in [0.4, 0.5) is 10.3 Å². The highest BCUT2D eigenvalue weighted by Gasteiger charge is 2.28. The Balaban J connectivity index is 2.12. The second-order valence-electron chi connectivity index (χ2n) is 5.23. The average molecular weight is 346 g/mol. The Morgan fingerprint density at radius 3 is 2.46 bits per heavy atom. The number of hydrogen-bond donors (Lipinski definition) is 1. The van der Waals surface area contributed by atoms with Crippen LogP contribution in [0.3, 0.4) is 0 Å². The largest absolute Gasteiger partial charge is 0.419 e. The van der Waals surface area contributed by atoms with E-state index in [4.69, 9.17) is 4.42 Å². The minimum absolute atomic E-state index is 0.00911. The number of nitrogens with zero attached hydrogens (tertiary/aromatic N) is 1. The van der Waals surface area contributed by atoms with Crippen molar-refractivity contribution in [3.8, 4) is 11.5 Å². The maximum Gasteiger partial charge on any atom is 0.233 e. The fourth-order valence-corrected chi connectivity index (χ4v) is 3.55. The van der Waals surface area contributed by atoms with E-state index in [0.29, 0.717) is 5.56 Å². The third-order valence-corrected chi connectivity index (χ3v) is 5.14. The Morgan fingerprint density at radius 2 is 1.83 bits per heavy atom. The van der Waals surface area contributed by atoms with E-state index in [-0.39, 0.29) is 21.7 Å². The molecule has 1 aromatic heterocycles. The predicted octanol–water partition coefficient (Wildman–Crippen LogP) is 3.66. The quantitative estimate of drug-likeness (QED) is 0.780. The van der Waals surface area contributed by atoms with Gasteiger partial charge in [0.05, 0.1) is 4.90 Å². The van der Waals surface area contributed by atoms with E-state index in [1.54, 1.807) is 12.1 Å².